The standard InChI is InChI=1S/C13H19NO6S/c1-9-7-10(19-2)11(20-3)8-12(9)21(17,18)14-6-4-5-13(15)16/h7-8,14H,4-6H2,1-3H3,(H,15,16). The van der Waals surface area contributed by atoms with Gasteiger partial charge in [-0.25, -0.2) is 13.1 Å². The van der Waals surface area contributed by atoms with E-state index in [4.69, 9.17) is 14.6 Å². The lowest BCUT2D eigenvalue weighted by molar-refractivity contribution is -0.137. The molecule has 0 aliphatic heterocycles. The molecule has 0 atom stereocenters. The van der Waals surface area contributed by atoms with Crippen molar-refractivity contribution >= 4 is 16.0 Å². The van der Waals surface area contributed by atoms with Crippen molar-refractivity contribution in [2.24, 2.45) is 0 Å². The maximum absolute atomic E-state index is 12.2. The Morgan fingerprint density at radius 1 is 1.24 bits per heavy atom. The number of sulfonamides is 1. The smallest absolute Gasteiger partial charge is 0.303 e. The number of hydrogen-bond donors (Lipinski definition) is 2. The van der Waals surface area contributed by atoms with Crippen molar-refractivity contribution in [1.82, 2.24) is 4.72 Å². The number of aryl methyl sites for hydroxylation is 1. The summed E-state index contributed by atoms with van der Waals surface area (Å²) in [4.78, 5) is 10.5. The van der Waals surface area contributed by atoms with E-state index in [1.807, 2.05) is 0 Å². The molecule has 8 heteroatoms. The Bertz CT molecular complexity index is 611. The highest BCUT2D eigenvalue weighted by Crippen LogP contribution is 2.32. The van der Waals surface area contributed by atoms with Gasteiger partial charge in [0.1, 0.15) is 0 Å². The molecule has 0 saturated heterocycles. The number of hydrogen-bond acceptors (Lipinski definition) is 5. The summed E-state index contributed by atoms with van der Waals surface area (Å²) in [5.41, 5.74) is 0.512. The van der Waals surface area contributed by atoms with Crippen LogP contribution in [0.25, 0.3) is 0 Å². The zero-order valence-electron chi connectivity index (χ0n) is 12.2. The molecule has 2 N–H and O–H groups in total. The number of benzene rings is 1. The number of rotatable bonds is 8. The van der Waals surface area contributed by atoms with Crippen LogP contribution in [-0.2, 0) is 14.8 Å². The van der Waals surface area contributed by atoms with E-state index in [1.165, 1.54) is 20.3 Å². The van der Waals surface area contributed by atoms with Gasteiger partial charge in [0.25, 0.3) is 0 Å². The average molecular weight is 317 g/mol. The Morgan fingerprint density at radius 3 is 2.33 bits per heavy atom. The van der Waals surface area contributed by atoms with Crippen LogP contribution in [0.1, 0.15) is 18.4 Å². The molecule has 0 aliphatic rings. The summed E-state index contributed by atoms with van der Waals surface area (Å²) < 4.78 is 37.0. The summed E-state index contributed by atoms with van der Waals surface area (Å²) in [6, 6.07) is 2.96. The van der Waals surface area contributed by atoms with Gasteiger partial charge in [0.15, 0.2) is 11.5 Å². The van der Waals surface area contributed by atoms with Crippen molar-refractivity contribution in [1.29, 1.82) is 0 Å². The number of methoxy groups -OCH3 is 2. The Hall–Kier alpha value is -1.80. The van der Waals surface area contributed by atoms with Crippen LogP contribution in [-0.4, -0.2) is 40.3 Å². The normalized spacial score (nSPS) is 11.2. The van der Waals surface area contributed by atoms with Crippen molar-refractivity contribution in [3.63, 3.8) is 0 Å². The van der Waals surface area contributed by atoms with Crippen molar-refractivity contribution < 1.29 is 27.8 Å². The highest BCUT2D eigenvalue weighted by molar-refractivity contribution is 7.89. The average Bonchev–Trinajstić information content (AvgIpc) is 2.42. The van der Waals surface area contributed by atoms with Crippen molar-refractivity contribution in [2.45, 2.75) is 24.7 Å². The largest absolute Gasteiger partial charge is 0.493 e. The molecular formula is C13H19NO6S. The number of aliphatic carboxylic acids is 1. The van der Waals surface area contributed by atoms with Crippen LogP contribution in [0.2, 0.25) is 0 Å². The van der Waals surface area contributed by atoms with E-state index in [-0.39, 0.29) is 24.3 Å². The van der Waals surface area contributed by atoms with Crippen molar-refractivity contribution in [3.8, 4) is 11.5 Å². The molecule has 0 fully saturated rings. The molecule has 0 radical (unpaired) electrons. The Labute approximate surface area is 123 Å². The molecule has 0 aliphatic carbocycles. The third-order valence-corrected chi connectivity index (χ3v) is 4.43. The molecule has 0 heterocycles. The first-order valence-corrected chi connectivity index (χ1v) is 7.74. The molecule has 0 aromatic heterocycles. The second-order valence-corrected chi connectivity index (χ2v) is 6.10. The van der Waals surface area contributed by atoms with E-state index in [0.717, 1.165) is 0 Å². The Kier molecular flexibility index (Phi) is 5.98. The van der Waals surface area contributed by atoms with Crippen molar-refractivity contribution in [2.75, 3.05) is 20.8 Å². The van der Waals surface area contributed by atoms with E-state index in [0.29, 0.717) is 17.1 Å². The highest BCUT2D eigenvalue weighted by Gasteiger charge is 2.19. The van der Waals surface area contributed by atoms with E-state index in [2.05, 4.69) is 4.72 Å². The summed E-state index contributed by atoms with van der Waals surface area (Å²) in [5.74, 6) is -0.203. The van der Waals surface area contributed by atoms with Crippen molar-refractivity contribution in [3.05, 3.63) is 17.7 Å². The first kappa shape index (κ1) is 17.3. The Balaban J connectivity index is 2.95. The lowest BCUT2D eigenvalue weighted by Crippen LogP contribution is -2.26. The van der Waals surface area contributed by atoms with Crippen LogP contribution >= 0.6 is 0 Å². The lowest BCUT2D eigenvalue weighted by atomic mass is 10.2. The first-order chi connectivity index (χ1) is 9.81. The molecule has 0 spiro atoms. The Morgan fingerprint density at radius 2 is 1.81 bits per heavy atom. The fourth-order valence-corrected chi connectivity index (χ4v) is 3.09. The van der Waals surface area contributed by atoms with Gasteiger partial charge >= 0.3 is 5.97 Å². The summed E-state index contributed by atoms with van der Waals surface area (Å²) in [6.07, 6.45) is 0.133. The minimum absolute atomic E-state index is 0.0580. The second kappa shape index (κ2) is 7.28. The van der Waals surface area contributed by atoms with Crippen LogP contribution < -0.4 is 14.2 Å². The van der Waals surface area contributed by atoms with E-state index < -0.39 is 16.0 Å². The number of carbonyl (C=O) groups is 1. The molecule has 118 valence electrons. The summed E-state index contributed by atoms with van der Waals surface area (Å²) in [6.45, 7) is 1.70. The maximum atomic E-state index is 12.2. The number of nitrogens with one attached hydrogen (secondary N) is 1. The predicted molar refractivity (Wildman–Crippen MR) is 76.3 cm³/mol. The molecule has 0 saturated carbocycles. The van der Waals surface area contributed by atoms with E-state index in [1.54, 1.807) is 13.0 Å². The lowest BCUT2D eigenvalue weighted by Gasteiger charge is -2.13. The first-order valence-electron chi connectivity index (χ1n) is 6.26. The quantitative estimate of drug-likeness (QED) is 0.698. The monoisotopic (exact) mass is 317 g/mol. The SMILES string of the molecule is COc1cc(C)c(S(=O)(=O)NCCCC(=O)O)cc1OC. The van der Waals surface area contributed by atoms with E-state index >= 15 is 0 Å². The van der Waals surface area contributed by atoms with Gasteiger partial charge in [0.05, 0.1) is 19.1 Å². The number of carboxylic acids is 1. The fraction of sp³-hybridized carbons (Fsp3) is 0.462. The van der Waals surface area contributed by atoms with Gasteiger partial charge in [-0.3, -0.25) is 4.79 Å². The predicted octanol–water partition coefficient (Wildman–Crippen LogP) is 1.16. The van der Waals surface area contributed by atoms with Gasteiger partial charge < -0.3 is 14.6 Å². The third kappa shape index (κ3) is 4.61. The van der Waals surface area contributed by atoms with Crippen LogP contribution in [0.5, 0.6) is 11.5 Å². The van der Waals surface area contributed by atoms with Gasteiger partial charge in [-0.2, -0.15) is 0 Å². The molecule has 0 unspecified atom stereocenters. The molecule has 1 aromatic carbocycles. The molecule has 0 amide bonds. The molecule has 1 rings (SSSR count). The zero-order chi connectivity index (χ0) is 16.0. The molecular weight excluding hydrogens is 298 g/mol. The third-order valence-electron chi connectivity index (χ3n) is 2.83. The number of carboxylic acid groups (broad SMARTS) is 1. The maximum Gasteiger partial charge on any atom is 0.303 e. The summed E-state index contributed by atoms with van der Waals surface area (Å²) in [7, 11) is -0.837. The molecule has 21 heavy (non-hydrogen) atoms. The molecule has 1 aromatic rings. The van der Waals surface area contributed by atoms with Crippen LogP contribution in [0.3, 0.4) is 0 Å². The van der Waals surface area contributed by atoms with Gasteiger partial charge in [-0.1, -0.05) is 0 Å². The summed E-state index contributed by atoms with van der Waals surface area (Å²) >= 11 is 0. The fourth-order valence-electron chi connectivity index (χ4n) is 1.78. The second-order valence-electron chi connectivity index (χ2n) is 4.37. The van der Waals surface area contributed by atoms with Gasteiger partial charge in [-0.15, -0.1) is 0 Å². The number of ether oxygens (including phenoxy) is 2. The summed E-state index contributed by atoms with van der Waals surface area (Å²) in [5, 5.41) is 8.52. The van der Waals surface area contributed by atoms with Crippen LogP contribution in [0.4, 0.5) is 0 Å². The zero-order valence-corrected chi connectivity index (χ0v) is 13.0. The molecule has 7 nitrogen and oxygen atoms in total. The van der Waals surface area contributed by atoms with Gasteiger partial charge in [0.2, 0.25) is 10.0 Å². The minimum atomic E-state index is -3.72. The molecule has 0 bridgehead atoms. The van der Waals surface area contributed by atoms with Crippen LogP contribution in [0, 0.1) is 6.92 Å². The topological polar surface area (TPSA) is 102 Å². The van der Waals surface area contributed by atoms with Gasteiger partial charge in [-0.05, 0) is 25.0 Å². The minimum Gasteiger partial charge on any atom is -0.493 e. The van der Waals surface area contributed by atoms with Crippen LogP contribution in [0.15, 0.2) is 17.0 Å². The van der Waals surface area contributed by atoms with E-state index in [9.17, 15) is 13.2 Å². The highest BCUT2D eigenvalue weighted by atomic mass is 32.2. The van der Waals surface area contributed by atoms with Gasteiger partial charge in [0, 0.05) is 19.0 Å².